The Balaban J connectivity index is 5.19. The summed E-state index contributed by atoms with van der Waals surface area (Å²) < 4.78 is 30.3. The first kappa shape index (κ1) is 74.2. The maximum atomic E-state index is 13.5. The van der Waals surface area contributed by atoms with Gasteiger partial charge in [-0.3, -0.25) is 14.2 Å². The van der Waals surface area contributed by atoms with E-state index < -0.39 is 26.6 Å². The molecule has 9 nitrogen and oxygen atoms in total. The fraction of sp³-hybridized carbons (Fsp3) is 0.761. The standard InChI is InChI=1S/C67H121N2O7P/c1-7-10-13-16-19-22-25-28-30-31-32-33-34-35-36-37-38-39-40-41-44-47-50-53-56-59-66(70)68-64(63-75-77(72,73)74-62-61-69(4,5)6)65(58-55-52-49-46-43-27-24-21-18-15-12-9-3)76-67(71)60-57-54-51-48-45-42-29-26-23-20-17-14-11-8-2/h10,13,19,22,28,30,32-33,35-36,38-39,55,58,64-65H,7-9,11-12,14-18,20-21,23-27,29,31,34,37,40-54,56-57,59-63H2,1-6H3,(H-,68,70,72,73)/b13-10-,22-19-,30-28-,33-32-,36-35-,39-38-,58-55-. The molecule has 0 spiro atoms. The van der Waals surface area contributed by atoms with Crippen LogP contribution in [0.25, 0.3) is 0 Å². The number of hydrogen-bond acceptors (Lipinski definition) is 7. The molecule has 0 fully saturated rings. The average molecular weight is 1100 g/mol. The van der Waals surface area contributed by atoms with Crippen molar-refractivity contribution in [1.29, 1.82) is 0 Å². The van der Waals surface area contributed by atoms with E-state index in [0.29, 0.717) is 17.4 Å². The molecule has 0 saturated heterocycles. The van der Waals surface area contributed by atoms with Gasteiger partial charge in [0, 0.05) is 12.8 Å². The summed E-state index contributed by atoms with van der Waals surface area (Å²) in [7, 11) is 1.17. The van der Waals surface area contributed by atoms with Crippen LogP contribution >= 0.6 is 7.82 Å². The van der Waals surface area contributed by atoms with Crippen LogP contribution in [0.4, 0.5) is 0 Å². The zero-order chi connectivity index (χ0) is 56.4. The molecule has 1 N–H and O–H groups in total. The number of nitrogens with zero attached hydrogens (tertiary/aromatic N) is 1. The van der Waals surface area contributed by atoms with Gasteiger partial charge in [0.15, 0.2) is 0 Å². The van der Waals surface area contributed by atoms with E-state index in [1.165, 1.54) is 122 Å². The van der Waals surface area contributed by atoms with Gasteiger partial charge in [0.05, 0.1) is 33.8 Å². The molecule has 0 radical (unpaired) electrons. The van der Waals surface area contributed by atoms with Gasteiger partial charge in [-0.05, 0) is 83.1 Å². The number of nitrogens with one attached hydrogen (secondary N) is 1. The first-order valence-corrected chi connectivity index (χ1v) is 33.4. The van der Waals surface area contributed by atoms with E-state index in [1.807, 2.05) is 33.3 Å². The zero-order valence-corrected chi connectivity index (χ0v) is 51.8. The van der Waals surface area contributed by atoms with E-state index in [4.69, 9.17) is 13.8 Å². The number of carbonyl (C=O) groups is 2. The molecule has 10 heteroatoms. The van der Waals surface area contributed by atoms with E-state index in [1.54, 1.807) is 0 Å². The second-order valence-electron chi connectivity index (χ2n) is 22.5. The Bertz CT molecular complexity index is 1590. The maximum absolute atomic E-state index is 13.5. The van der Waals surface area contributed by atoms with Crippen LogP contribution in [0.5, 0.6) is 0 Å². The number of phosphoric acid groups is 1. The molecule has 0 aliphatic heterocycles. The van der Waals surface area contributed by atoms with Crippen molar-refractivity contribution in [2.75, 3.05) is 40.9 Å². The number of hydrogen-bond donors (Lipinski definition) is 1. The average Bonchev–Trinajstić information content (AvgIpc) is 3.39. The summed E-state index contributed by atoms with van der Waals surface area (Å²) in [4.78, 5) is 40.0. The van der Waals surface area contributed by atoms with Gasteiger partial charge in [-0.1, -0.05) is 267 Å². The normalized spacial score (nSPS) is 14.2. The smallest absolute Gasteiger partial charge is 0.306 e. The van der Waals surface area contributed by atoms with Gasteiger partial charge >= 0.3 is 5.97 Å². The number of quaternary nitrogens is 1. The van der Waals surface area contributed by atoms with E-state index in [-0.39, 0.29) is 24.9 Å². The molecule has 77 heavy (non-hydrogen) atoms. The van der Waals surface area contributed by atoms with Crippen molar-refractivity contribution in [1.82, 2.24) is 5.32 Å². The number of rotatable bonds is 57. The lowest BCUT2D eigenvalue weighted by molar-refractivity contribution is -0.870. The predicted octanol–water partition coefficient (Wildman–Crippen LogP) is 19.1. The Morgan fingerprint density at radius 2 is 0.831 bits per heavy atom. The molecule has 0 aliphatic carbocycles. The van der Waals surface area contributed by atoms with E-state index in [2.05, 4.69) is 99.0 Å². The first-order chi connectivity index (χ1) is 37.4. The Hall–Kier alpha value is -2.81. The summed E-state index contributed by atoms with van der Waals surface area (Å²) in [5, 5.41) is 3.02. The van der Waals surface area contributed by atoms with Gasteiger partial charge in [-0.15, -0.1) is 0 Å². The van der Waals surface area contributed by atoms with Crippen molar-refractivity contribution < 1.29 is 37.3 Å². The van der Waals surface area contributed by atoms with Gasteiger partial charge in [-0.2, -0.15) is 0 Å². The van der Waals surface area contributed by atoms with Crippen molar-refractivity contribution in [3.8, 4) is 0 Å². The van der Waals surface area contributed by atoms with Gasteiger partial charge in [0.1, 0.15) is 19.3 Å². The van der Waals surface area contributed by atoms with E-state index >= 15 is 0 Å². The number of unbranched alkanes of at least 4 members (excludes halogenated alkanes) is 29. The summed E-state index contributed by atoms with van der Waals surface area (Å²) >= 11 is 0. The number of phosphoric ester groups is 1. The zero-order valence-electron chi connectivity index (χ0n) is 50.9. The molecular formula is C67H121N2O7P. The van der Waals surface area contributed by atoms with Crippen molar-refractivity contribution in [2.24, 2.45) is 0 Å². The molecule has 3 unspecified atom stereocenters. The third-order valence-corrected chi connectivity index (χ3v) is 14.8. The molecule has 0 heterocycles. The molecule has 0 aliphatic rings. The van der Waals surface area contributed by atoms with Crippen molar-refractivity contribution in [3.05, 3.63) is 85.1 Å². The van der Waals surface area contributed by atoms with Gasteiger partial charge < -0.3 is 28.5 Å². The van der Waals surface area contributed by atoms with Crippen molar-refractivity contribution in [3.63, 3.8) is 0 Å². The van der Waals surface area contributed by atoms with E-state index in [0.717, 1.165) is 122 Å². The lowest BCUT2D eigenvalue weighted by atomic mass is 10.0. The Kier molecular flexibility index (Phi) is 54.4. The minimum absolute atomic E-state index is 0.0276. The Morgan fingerprint density at radius 3 is 1.25 bits per heavy atom. The summed E-state index contributed by atoms with van der Waals surface area (Å²) in [5.41, 5.74) is 0. The van der Waals surface area contributed by atoms with Crippen LogP contribution in [0.15, 0.2) is 85.1 Å². The minimum atomic E-state index is -4.70. The fourth-order valence-electron chi connectivity index (χ4n) is 8.94. The van der Waals surface area contributed by atoms with Crippen molar-refractivity contribution >= 4 is 19.7 Å². The SMILES string of the molecule is CC/C=C\C/C=C\C/C=C\C/C=C\C/C=C\C/C=C\CCCCCCCCC(=O)NC(COP(=O)([O-])OCC[N+](C)(C)C)C(/C=C\CCCCCCCCCCCC)OC(=O)CCCCCCCCCCCCCCCC. The van der Waals surface area contributed by atoms with Crippen LogP contribution in [-0.2, 0) is 27.9 Å². The molecule has 3 atom stereocenters. The van der Waals surface area contributed by atoms with E-state index in [9.17, 15) is 19.0 Å². The Morgan fingerprint density at radius 1 is 0.468 bits per heavy atom. The highest BCUT2D eigenvalue weighted by Gasteiger charge is 2.27. The first-order valence-electron chi connectivity index (χ1n) is 31.9. The lowest BCUT2D eigenvalue weighted by Gasteiger charge is -2.30. The third-order valence-electron chi connectivity index (χ3n) is 13.8. The van der Waals surface area contributed by atoms with Gasteiger partial charge in [0.25, 0.3) is 7.82 Å². The minimum Gasteiger partial charge on any atom is -0.756 e. The molecule has 0 aromatic heterocycles. The van der Waals surface area contributed by atoms with Crippen LogP contribution in [0.3, 0.4) is 0 Å². The molecule has 0 aromatic rings. The maximum Gasteiger partial charge on any atom is 0.306 e. The second kappa shape index (κ2) is 56.5. The van der Waals surface area contributed by atoms with Crippen LogP contribution in [0.2, 0.25) is 0 Å². The lowest BCUT2D eigenvalue weighted by Crippen LogP contribution is -2.47. The topological polar surface area (TPSA) is 114 Å². The monoisotopic (exact) mass is 1100 g/mol. The highest BCUT2D eigenvalue weighted by molar-refractivity contribution is 7.45. The third kappa shape index (κ3) is 57.7. The summed E-state index contributed by atoms with van der Waals surface area (Å²) in [6.45, 7) is 6.72. The quantitative estimate of drug-likeness (QED) is 0.0212. The van der Waals surface area contributed by atoms with Crippen molar-refractivity contribution in [2.45, 2.75) is 290 Å². The van der Waals surface area contributed by atoms with Crippen LogP contribution in [0.1, 0.15) is 278 Å². The molecule has 0 saturated carbocycles. The molecule has 0 rings (SSSR count). The number of carbonyl (C=O) groups excluding carboxylic acids is 2. The largest absolute Gasteiger partial charge is 0.756 e. The van der Waals surface area contributed by atoms with Gasteiger partial charge in [-0.25, -0.2) is 0 Å². The molecule has 1 amide bonds. The predicted molar refractivity (Wildman–Crippen MR) is 330 cm³/mol. The number of esters is 1. The number of likely N-dealkylation sites (N-methyl/N-ethyl adjacent to an activating group) is 1. The highest BCUT2D eigenvalue weighted by Crippen LogP contribution is 2.38. The summed E-state index contributed by atoms with van der Waals surface area (Å²) in [6.07, 6.45) is 74.0. The summed E-state index contributed by atoms with van der Waals surface area (Å²) in [5.74, 6) is -0.555. The Labute approximate surface area is 476 Å². The number of allylic oxidation sites excluding steroid dienone is 13. The highest BCUT2D eigenvalue weighted by atomic mass is 31.2. The second-order valence-corrected chi connectivity index (χ2v) is 23.9. The fourth-order valence-corrected chi connectivity index (χ4v) is 9.66. The number of amides is 1. The van der Waals surface area contributed by atoms with Crippen LogP contribution in [-0.4, -0.2) is 69.4 Å². The van der Waals surface area contributed by atoms with Gasteiger partial charge in [0.2, 0.25) is 5.91 Å². The molecule has 0 bridgehead atoms. The number of ether oxygens (including phenoxy) is 1. The molecular weight excluding hydrogens is 976 g/mol. The van der Waals surface area contributed by atoms with Crippen LogP contribution < -0.4 is 10.2 Å². The summed E-state index contributed by atoms with van der Waals surface area (Å²) in [6, 6.07) is -0.898. The van der Waals surface area contributed by atoms with Crippen LogP contribution in [0, 0.1) is 0 Å². The molecule has 446 valence electrons. The molecule has 0 aromatic carbocycles.